The Morgan fingerprint density at radius 1 is 1.41 bits per heavy atom. The van der Waals surface area contributed by atoms with Crippen LogP contribution in [0.3, 0.4) is 0 Å². The molecule has 3 atom stereocenters. The summed E-state index contributed by atoms with van der Waals surface area (Å²) < 4.78 is 10.4. The smallest absolute Gasteiger partial charge is 0.255 e. The van der Waals surface area contributed by atoms with Gasteiger partial charge in [-0.05, 0) is 26.3 Å². The fraction of sp³-hybridized carbons (Fsp3) is 0.625. The number of nitrogens with one attached hydrogen (secondary N) is 2. The molecular weight excluding hydrogens is 284 g/mol. The SMILES string of the molecule is CO[C@]1(C)C[C@@H](NC(=O)[C@H](C)NC(=O)c2ccoc2)C1(C)C. The summed E-state index contributed by atoms with van der Waals surface area (Å²) in [6.45, 7) is 7.84. The molecule has 1 aliphatic rings. The maximum absolute atomic E-state index is 12.2. The van der Waals surface area contributed by atoms with Gasteiger partial charge in [0.05, 0.1) is 17.4 Å². The Morgan fingerprint density at radius 3 is 2.59 bits per heavy atom. The molecule has 2 rings (SSSR count). The van der Waals surface area contributed by atoms with Crippen molar-refractivity contribution in [2.75, 3.05) is 7.11 Å². The fourth-order valence-corrected chi connectivity index (χ4v) is 2.76. The van der Waals surface area contributed by atoms with Crippen LogP contribution in [0.25, 0.3) is 0 Å². The van der Waals surface area contributed by atoms with E-state index in [1.165, 1.54) is 12.5 Å². The van der Waals surface area contributed by atoms with Gasteiger partial charge in [-0.25, -0.2) is 0 Å². The van der Waals surface area contributed by atoms with Gasteiger partial charge in [-0.2, -0.15) is 0 Å². The number of furan rings is 1. The Labute approximate surface area is 130 Å². The number of hydrogen-bond acceptors (Lipinski definition) is 4. The van der Waals surface area contributed by atoms with Crippen LogP contribution >= 0.6 is 0 Å². The third-order valence-corrected chi connectivity index (χ3v) is 5.12. The standard InChI is InChI=1S/C16H24N2O4/c1-10(17-14(20)11-6-7-22-9-11)13(19)18-12-8-16(4,21-5)15(12,2)3/h6-7,9-10,12H,8H2,1-5H3,(H,17,20)(H,18,19)/t10-,12+,16+/m0/s1. The van der Waals surface area contributed by atoms with Crippen LogP contribution < -0.4 is 10.6 Å². The van der Waals surface area contributed by atoms with Gasteiger partial charge in [0, 0.05) is 18.6 Å². The van der Waals surface area contributed by atoms with Crippen LogP contribution in [0, 0.1) is 5.41 Å². The topological polar surface area (TPSA) is 80.6 Å². The van der Waals surface area contributed by atoms with Gasteiger partial charge in [-0.3, -0.25) is 9.59 Å². The van der Waals surface area contributed by atoms with Crippen molar-refractivity contribution in [1.29, 1.82) is 0 Å². The molecule has 0 unspecified atom stereocenters. The summed E-state index contributed by atoms with van der Waals surface area (Å²) in [5, 5.41) is 5.64. The number of ether oxygens (including phenoxy) is 1. The maximum atomic E-state index is 12.2. The van der Waals surface area contributed by atoms with Crippen LogP contribution in [0.2, 0.25) is 0 Å². The minimum atomic E-state index is -0.618. The van der Waals surface area contributed by atoms with Crippen molar-refractivity contribution in [3.63, 3.8) is 0 Å². The predicted molar refractivity (Wildman–Crippen MR) is 81.4 cm³/mol. The van der Waals surface area contributed by atoms with Crippen molar-refractivity contribution in [2.45, 2.75) is 51.8 Å². The van der Waals surface area contributed by atoms with E-state index in [9.17, 15) is 9.59 Å². The highest BCUT2D eigenvalue weighted by Gasteiger charge is 2.58. The first-order chi connectivity index (χ1) is 10.2. The molecule has 0 aliphatic heterocycles. The van der Waals surface area contributed by atoms with Crippen LogP contribution in [0.5, 0.6) is 0 Å². The molecule has 122 valence electrons. The average molecular weight is 308 g/mol. The van der Waals surface area contributed by atoms with E-state index in [0.717, 1.165) is 6.42 Å². The van der Waals surface area contributed by atoms with Gasteiger partial charge in [0.2, 0.25) is 5.91 Å². The number of carbonyl (C=O) groups is 2. The molecular formula is C16H24N2O4. The third kappa shape index (κ3) is 2.75. The number of amides is 2. The summed E-state index contributed by atoms with van der Waals surface area (Å²) in [5.41, 5.74) is -0.00417. The molecule has 1 aromatic heterocycles. The van der Waals surface area contributed by atoms with Crippen LogP contribution in [0.15, 0.2) is 23.0 Å². The second-order valence-electron chi connectivity index (χ2n) is 6.63. The van der Waals surface area contributed by atoms with Gasteiger partial charge in [0.25, 0.3) is 5.91 Å². The molecule has 0 bridgehead atoms. The Bertz CT molecular complexity index is 553. The van der Waals surface area contributed by atoms with Crippen molar-refractivity contribution in [3.8, 4) is 0 Å². The fourth-order valence-electron chi connectivity index (χ4n) is 2.76. The molecule has 0 saturated heterocycles. The van der Waals surface area contributed by atoms with E-state index in [4.69, 9.17) is 9.15 Å². The van der Waals surface area contributed by atoms with Crippen molar-refractivity contribution in [1.82, 2.24) is 10.6 Å². The summed E-state index contributed by atoms with van der Waals surface area (Å²) in [6.07, 6.45) is 3.52. The quantitative estimate of drug-likeness (QED) is 0.868. The molecule has 0 radical (unpaired) electrons. The first-order valence-electron chi connectivity index (χ1n) is 7.40. The Morgan fingerprint density at radius 2 is 2.09 bits per heavy atom. The van der Waals surface area contributed by atoms with E-state index < -0.39 is 6.04 Å². The van der Waals surface area contributed by atoms with Gasteiger partial charge in [-0.15, -0.1) is 0 Å². The molecule has 2 amide bonds. The molecule has 6 nitrogen and oxygen atoms in total. The average Bonchev–Trinajstić information content (AvgIpc) is 3.00. The zero-order chi connectivity index (χ0) is 16.5. The number of methoxy groups -OCH3 is 1. The molecule has 0 aromatic carbocycles. The maximum Gasteiger partial charge on any atom is 0.255 e. The highest BCUT2D eigenvalue weighted by Crippen LogP contribution is 2.51. The molecule has 1 aliphatic carbocycles. The van der Waals surface area contributed by atoms with E-state index in [0.29, 0.717) is 5.56 Å². The molecule has 1 aromatic rings. The molecule has 1 fully saturated rings. The minimum Gasteiger partial charge on any atom is -0.472 e. The van der Waals surface area contributed by atoms with E-state index in [1.807, 2.05) is 6.92 Å². The van der Waals surface area contributed by atoms with Gasteiger partial charge in [0.1, 0.15) is 12.3 Å². The minimum absolute atomic E-state index is 0.0261. The molecule has 22 heavy (non-hydrogen) atoms. The van der Waals surface area contributed by atoms with Gasteiger partial charge < -0.3 is 19.8 Å². The second kappa shape index (κ2) is 5.76. The first kappa shape index (κ1) is 16.5. The van der Waals surface area contributed by atoms with Crippen LogP contribution in [0.4, 0.5) is 0 Å². The monoisotopic (exact) mass is 308 g/mol. The van der Waals surface area contributed by atoms with Gasteiger partial charge in [0.15, 0.2) is 0 Å². The van der Waals surface area contributed by atoms with Crippen molar-refractivity contribution >= 4 is 11.8 Å². The van der Waals surface area contributed by atoms with Crippen LogP contribution in [0.1, 0.15) is 44.5 Å². The number of carbonyl (C=O) groups excluding carboxylic acids is 2. The molecule has 1 heterocycles. The zero-order valence-corrected chi connectivity index (χ0v) is 13.7. The Balaban J connectivity index is 1.89. The molecule has 1 saturated carbocycles. The number of rotatable bonds is 5. The second-order valence-corrected chi connectivity index (χ2v) is 6.63. The molecule has 2 N–H and O–H groups in total. The van der Waals surface area contributed by atoms with Gasteiger partial charge in [-0.1, -0.05) is 13.8 Å². The summed E-state index contributed by atoms with van der Waals surface area (Å²) in [5.74, 6) is -0.529. The highest BCUT2D eigenvalue weighted by molar-refractivity contribution is 5.97. The van der Waals surface area contributed by atoms with E-state index >= 15 is 0 Å². The Hall–Kier alpha value is -1.82. The molecule has 6 heteroatoms. The van der Waals surface area contributed by atoms with Crippen molar-refractivity contribution in [3.05, 3.63) is 24.2 Å². The van der Waals surface area contributed by atoms with E-state index in [2.05, 4.69) is 24.5 Å². The number of hydrogen-bond donors (Lipinski definition) is 2. The molecule has 0 spiro atoms. The lowest BCUT2D eigenvalue weighted by Gasteiger charge is -2.59. The first-order valence-corrected chi connectivity index (χ1v) is 7.40. The normalized spacial score (nSPS) is 27.6. The van der Waals surface area contributed by atoms with E-state index in [1.54, 1.807) is 20.1 Å². The lowest BCUT2D eigenvalue weighted by Crippen LogP contribution is -2.69. The Kier molecular flexibility index (Phi) is 4.33. The highest BCUT2D eigenvalue weighted by atomic mass is 16.5. The van der Waals surface area contributed by atoms with Crippen LogP contribution in [-0.4, -0.2) is 36.6 Å². The third-order valence-electron chi connectivity index (χ3n) is 5.12. The van der Waals surface area contributed by atoms with Gasteiger partial charge >= 0.3 is 0 Å². The summed E-state index contributed by atoms with van der Waals surface area (Å²) >= 11 is 0. The van der Waals surface area contributed by atoms with Crippen molar-refractivity contribution in [2.24, 2.45) is 5.41 Å². The van der Waals surface area contributed by atoms with Crippen molar-refractivity contribution < 1.29 is 18.7 Å². The zero-order valence-electron chi connectivity index (χ0n) is 13.7. The summed E-state index contributed by atoms with van der Waals surface area (Å²) in [6, 6.07) is 0.963. The van der Waals surface area contributed by atoms with E-state index in [-0.39, 0.29) is 28.9 Å². The lowest BCUT2D eigenvalue weighted by atomic mass is 9.56. The largest absolute Gasteiger partial charge is 0.472 e. The summed E-state index contributed by atoms with van der Waals surface area (Å²) in [4.78, 5) is 24.1. The van der Waals surface area contributed by atoms with Crippen LogP contribution in [-0.2, 0) is 9.53 Å². The predicted octanol–water partition coefficient (Wildman–Crippen LogP) is 1.72. The lowest BCUT2D eigenvalue weighted by molar-refractivity contribution is -0.182. The summed E-state index contributed by atoms with van der Waals surface area (Å²) in [7, 11) is 1.69.